The third-order valence-electron chi connectivity index (χ3n) is 4.16. The first-order chi connectivity index (χ1) is 8.47. The van der Waals surface area contributed by atoms with Crippen molar-refractivity contribution in [3.63, 3.8) is 0 Å². The van der Waals surface area contributed by atoms with Gasteiger partial charge in [0.2, 0.25) is 5.95 Å². The Hall–Kier alpha value is -0.990. The second kappa shape index (κ2) is 5.33. The molecule has 1 N–H and O–H groups in total. The Kier molecular flexibility index (Phi) is 3.98. The van der Waals surface area contributed by atoms with Crippen molar-refractivity contribution in [1.29, 1.82) is 0 Å². The summed E-state index contributed by atoms with van der Waals surface area (Å²) < 4.78 is 2.25. The molecule has 1 aromatic heterocycles. The molecule has 3 atom stereocenters. The standard InChI is InChI=1S/C15H27N3/c1-10(2)18-9-13(5)16-15(18)17-14-7-6-11(3)8-12(14)4/h9-12,14H,6-8H2,1-5H3,(H,16,17). The molecule has 1 aromatic rings. The molecule has 0 spiro atoms. The number of hydrogen-bond acceptors (Lipinski definition) is 2. The predicted molar refractivity (Wildman–Crippen MR) is 76.9 cm³/mol. The number of nitrogens with one attached hydrogen (secondary N) is 1. The lowest BCUT2D eigenvalue weighted by Gasteiger charge is -2.33. The molecule has 2 rings (SSSR count). The largest absolute Gasteiger partial charge is 0.353 e. The normalized spacial score (nSPS) is 28.7. The van der Waals surface area contributed by atoms with E-state index in [4.69, 9.17) is 0 Å². The van der Waals surface area contributed by atoms with Crippen molar-refractivity contribution in [2.45, 2.75) is 66.0 Å². The monoisotopic (exact) mass is 249 g/mol. The van der Waals surface area contributed by atoms with E-state index >= 15 is 0 Å². The number of rotatable bonds is 3. The highest BCUT2D eigenvalue weighted by Gasteiger charge is 2.26. The molecule has 0 amide bonds. The Labute approximate surface area is 111 Å². The quantitative estimate of drug-likeness (QED) is 0.877. The number of imidazole rings is 1. The molecule has 0 radical (unpaired) electrons. The maximum Gasteiger partial charge on any atom is 0.203 e. The summed E-state index contributed by atoms with van der Waals surface area (Å²) in [5, 5.41) is 3.67. The van der Waals surface area contributed by atoms with E-state index in [1.807, 2.05) is 0 Å². The van der Waals surface area contributed by atoms with Gasteiger partial charge in [0.15, 0.2) is 0 Å². The number of aromatic nitrogens is 2. The topological polar surface area (TPSA) is 29.9 Å². The number of nitrogens with zero attached hydrogens (tertiary/aromatic N) is 2. The Balaban J connectivity index is 2.09. The minimum absolute atomic E-state index is 0.464. The summed E-state index contributed by atoms with van der Waals surface area (Å²) in [7, 11) is 0. The summed E-state index contributed by atoms with van der Waals surface area (Å²) in [6, 6.07) is 1.05. The van der Waals surface area contributed by atoms with Gasteiger partial charge in [0.05, 0.1) is 5.69 Å². The van der Waals surface area contributed by atoms with Gasteiger partial charge in [0.1, 0.15) is 0 Å². The fraction of sp³-hybridized carbons (Fsp3) is 0.800. The SMILES string of the molecule is Cc1cn(C(C)C)c(NC2CCC(C)CC2C)n1. The second-order valence-electron chi connectivity index (χ2n) is 6.35. The molecule has 1 heterocycles. The first-order valence-corrected chi connectivity index (χ1v) is 7.29. The second-order valence-corrected chi connectivity index (χ2v) is 6.35. The maximum atomic E-state index is 4.63. The van der Waals surface area contributed by atoms with Gasteiger partial charge in [-0.05, 0) is 51.9 Å². The van der Waals surface area contributed by atoms with Crippen molar-refractivity contribution in [3.05, 3.63) is 11.9 Å². The molecular formula is C15H27N3. The van der Waals surface area contributed by atoms with E-state index in [0.717, 1.165) is 23.5 Å². The minimum Gasteiger partial charge on any atom is -0.353 e. The first-order valence-electron chi connectivity index (χ1n) is 7.29. The van der Waals surface area contributed by atoms with Crippen LogP contribution in [0.1, 0.15) is 58.7 Å². The van der Waals surface area contributed by atoms with Crippen LogP contribution >= 0.6 is 0 Å². The Morgan fingerprint density at radius 2 is 2.06 bits per heavy atom. The van der Waals surface area contributed by atoms with E-state index in [1.54, 1.807) is 0 Å². The highest BCUT2D eigenvalue weighted by molar-refractivity contribution is 5.31. The van der Waals surface area contributed by atoms with Crippen LogP contribution in [0.25, 0.3) is 0 Å². The van der Waals surface area contributed by atoms with Crippen LogP contribution in [0.2, 0.25) is 0 Å². The van der Waals surface area contributed by atoms with Crippen LogP contribution in [0.15, 0.2) is 6.20 Å². The van der Waals surface area contributed by atoms with Crippen molar-refractivity contribution in [1.82, 2.24) is 9.55 Å². The average molecular weight is 249 g/mol. The molecule has 3 unspecified atom stereocenters. The summed E-state index contributed by atoms with van der Waals surface area (Å²) in [4.78, 5) is 4.63. The summed E-state index contributed by atoms with van der Waals surface area (Å²) in [5.74, 6) is 2.67. The van der Waals surface area contributed by atoms with Gasteiger partial charge in [-0.1, -0.05) is 13.8 Å². The molecule has 1 fully saturated rings. The van der Waals surface area contributed by atoms with Crippen LogP contribution in [0.4, 0.5) is 5.95 Å². The van der Waals surface area contributed by atoms with Crippen LogP contribution in [0.5, 0.6) is 0 Å². The molecule has 1 aliphatic rings. The fourth-order valence-corrected chi connectivity index (χ4v) is 3.06. The summed E-state index contributed by atoms with van der Waals surface area (Å²) >= 11 is 0. The molecule has 18 heavy (non-hydrogen) atoms. The van der Waals surface area contributed by atoms with Crippen molar-refractivity contribution < 1.29 is 0 Å². The van der Waals surface area contributed by atoms with Gasteiger partial charge in [0, 0.05) is 18.3 Å². The Bertz CT molecular complexity index is 394. The smallest absolute Gasteiger partial charge is 0.203 e. The molecule has 102 valence electrons. The summed E-state index contributed by atoms with van der Waals surface area (Å²) in [6.07, 6.45) is 6.08. The van der Waals surface area contributed by atoms with Crippen LogP contribution in [-0.2, 0) is 0 Å². The zero-order valence-electron chi connectivity index (χ0n) is 12.4. The van der Waals surface area contributed by atoms with Gasteiger partial charge in [-0.3, -0.25) is 0 Å². The lowest BCUT2D eigenvalue weighted by Crippen LogP contribution is -2.34. The summed E-state index contributed by atoms with van der Waals surface area (Å²) in [6.45, 7) is 11.2. The maximum absolute atomic E-state index is 4.63. The van der Waals surface area contributed by atoms with Crippen LogP contribution in [-0.4, -0.2) is 15.6 Å². The zero-order valence-corrected chi connectivity index (χ0v) is 12.4. The van der Waals surface area contributed by atoms with Gasteiger partial charge in [-0.15, -0.1) is 0 Å². The average Bonchev–Trinajstić information content (AvgIpc) is 2.64. The van der Waals surface area contributed by atoms with Crippen molar-refractivity contribution in [2.75, 3.05) is 5.32 Å². The highest BCUT2D eigenvalue weighted by atomic mass is 15.2. The molecule has 3 nitrogen and oxygen atoms in total. The molecule has 3 heteroatoms. The molecule has 1 aliphatic carbocycles. The fourth-order valence-electron chi connectivity index (χ4n) is 3.06. The van der Waals surface area contributed by atoms with Crippen molar-refractivity contribution >= 4 is 5.95 Å². The van der Waals surface area contributed by atoms with Crippen LogP contribution < -0.4 is 5.32 Å². The van der Waals surface area contributed by atoms with Crippen molar-refractivity contribution in [2.24, 2.45) is 11.8 Å². The molecule has 1 saturated carbocycles. The van der Waals surface area contributed by atoms with Crippen LogP contribution in [0, 0.1) is 18.8 Å². The van der Waals surface area contributed by atoms with Gasteiger partial charge in [-0.25, -0.2) is 4.98 Å². The minimum atomic E-state index is 0.464. The molecule has 0 aliphatic heterocycles. The number of hydrogen-bond donors (Lipinski definition) is 1. The van der Waals surface area contributed by atoms with Gasteiger partial charge in [-0.2, -0.15) is 0 Å². The Morgan fingerprint density at radius 3 is 2.67 bits per heavy atom. The van der Waals surface area contributed by atoms with E-state index in [-0.39, 0.29) is 0 Å². The van der Waals surface area contributed by atoms with Gasteiger partial charge >= 0.3 is 0 Å². The third kappa shape index (κ3) is 2.88. The molecule has 0 saturated heterocycles. The Morgan fingerprint density at radius 1 is 1.33 bits per heavy atom. The van der Waals surface area contributed by atoms with E-state index in [0.29, 0.717) is 12.1 Å². The zero-order chi connectivity index (χ0) is 13.3. The van der Waals surface area contributed by atoms with E-state index in [9.17, 15) is 0 Å². The highest BCUT2D eigenvalue weighted by Crippen LogP contribution is 2.31. The third-order valence-corrected chi connectivity index (χ3v) is 4.16. The van der Waals surface area contributed by atoms with Gasteiger partial charge in [0.25, 0.3) is 0 Å². The number of aryl methyl sites for hydroxylation is 1. The van der Waals surface area contributed by atoms with Crippen molar-refractivity contribution in [3.8, 4) is 0 Å². The first kappa shape index (κ1) is 13.4. The van der Waals surface area contributed by atoms with E-state index < -0.39 is 0 Å². The van der Waals surface area contributed by atoms with Crippen LogP contribution in [0.3, 0.4) is 0 Å². The lowest BCUT2D eigenvalue weighted by molar-refractivity contribution is 0.275. The molecule has 0 aromatic carbocycles. The molecule has 0 bridgehead atoms. The predicted octanol–water partition coefficient (Wildman–Crippen LogP) is 4.01. The van der Waals surface area contributed by atoms with E-state index in [2.05, 4.69) is 55.7 Å². The summed E-state index contributed by atoms with van der Waals surface area (Å²) in [5.41, 5.74) is 1.10. The molecular weight excluding hydrogens is 222 g/mol. The lowest BCUT2D eigenvalue weighted by atomic mass is 9.80. The van der Waals surface area contributed by atoms with Gasteiger partial charge < -0.3 is 9.88 Å². The number of anilines is 1. The van der Waals surface area contributed by atoms with E-state index in [1.165, 1.54) is 19.3 Å².